The number of rotatable bonds is 0. The van der Waals surface area contributed by atoms with Crippen LogP contribution in [0.2, 0.25) is 0 Å². The molecule has 13 heavy (non-hydrogen) atoms. The van der Waals surface area contributed by atoms with Crippen molar-refractivity contribution in [2.24, 2.45) is 0 Å². The van der Waals surface area contributed by atoms with Gasteiger partial charge in [0.25, 0.3) is 0 Å². The summed E-state index contributed by atoms with van der Waals surface area (Å²) in [6.07, 6.45) is 0. The summed E-state index contributed by atoms with van der Waals surface area (Å²) in [5, 5.41) is 1.73. The quantitative estimate of drug-likeness (QED) is 0.572. The van der Waals surface area contributed by atoms with Crippen molar-refractivity contribution in [2.45, 2.75) is 13.8 Å². The average Bonchev–Trinajstić information content (AvgIpc) is 2.12. The van der Waals surface area contributed by atoms with Gasteiger partial charge in [-0.05, 0) is 30.4 Å². The van der Waals surface area contributed by atoms with Gasteiger partial charge in [0.15, 0.2) is 0 Å². The number of hydrogen-bond donors (Lipinski definition) is 0. The third kappa shape index (κ3) is 1.21. The van der Waals surface area contributed by atoms with Crippen LogP contribution in [-0.2, 0) is 0 Å². The van der Waals surface area contributed by atoms with E-state index in [-0.39, 0.29) is 5.82 Å². The standard InChI is InChI=1S/C12H11F/c1-8-4-3-5-10-7-6-9(2)12(13)11(8)10/h3-7H,1-2H3. The summed E-state index contributed by atoms with van der Waals surface area (Å²) in [6.45, 7) is 3.73. The second-order valence-corrected chi connectivity index (χ2v) is 3.37. The van der Waals surface area contributed by atoms with Crippen molar-refractivity contribution in [1.29, 1.82) is 0 Å². The molecule has 2 rings (SSSR count). The Morgan fingerprint density at radius 2 is 1.69 bits per heavy atom. The molecule has 0 radical (unpaired) electrons. The van der Waals surface area contributed by atoms with Crippen molar-refractivity contribution in [2.75, 3.05) is 0 Å². The molecule has 2 aromatic rings. The normalized spacial score (nSPS) is 10.7. The van der Waals surface area contributed by atoms with E-state index in [1.54, 1.807) is 6.92 Å². The van der Waals surface area contributed by atoms with Crippen molar-refractivity contribution in [3.8, 4) is 0 Å². The molecular weight excluding hydrogens is 163 g/mol. The van der Waals surface area contributed by atoms with Gasteiger partial charge in [-0.15, -0.1) is 0 Å². The summed E-state index contributed by atoms with van der Waals surface area (Å²) in [5.74, 6) is -0.0874. The van der Waals surface area contributed by atoms with Gasteiger partial charge in [0.2, 0.25) is 0 Å². The van der Waals surface area contributed by atoms with Crippen molar-refractivity contribution < 1.29 is 4.39 Å². The van der Waals surface area contributed by atoms with E-state index in [4.69, 9.17) is 0 Å². The summed E-state index contributed by atoms with van der Waals surface area (Å²) in [6, 6.07) is 9.60. The second kappa shape index (κ2) is 2.84. The van der Waals surface area contributed by atoms with E-state index in [2.05, 4.69) is 0 Å². The predicted molar refractivity (Wildman–Crippen MR) is 53.4 cm³/mol. The molecule has 0 heterocycles. The predicted octanol–water partition coefficient (Wildman–Crippen LogP) is 3.60. The average molecular weight is 174 g/mol. The molecule has 0 aromatic heterocycles. The summed E-state index contributed by atoms with van der Waals surface area (Å²) in [4.78, 5) is 0. The first-order valence-electron chi connectivity index (χ1n) is 4.34. The van der Waals surface area contributed by atoms with E-state index in [1.807, 2.05) is 37.3 Å². The highest BCUT2D eigenvalue weighted by molar-refractivity contribution is 5.86. The molecule has 0 saturated carbocycles. The van der Waals surface area contributed by atoms with Gasteiger partial charge in [-0.2, -0.15) is 0 Å². The molecule has 0 fully saturated rings. The first kappa shape index (κ1) is 8.24. The SMILES string of the molecule is Cc1ccc2cccc(C)c2c1F. The molecule has 2 aromatic carbocycles. The fourth-order valence-electron chi connectivity index (χ4n) is 1.61. The molecule has 1 heteroatoms. The summed E-state index contributed by atoms with van der Waals surface area (Å²) < 4.78 is 13.7. The van der Waals surface area contributed by atoms with Crippen molar-refractivity contribution in [3.05, 3.63) is 47.3 Å². The van der Waals surface area contributed by atoms with Gasteiger partial charge in [0.05, 0.1) is 0 Å². The lowest BCUT2D eigenvalue weighted by Crippen LogP contribution is -1.87. The lowest BCUT2D eigenvalue weighted by Gasteiger charge is -2.04. The molecule has 0 aliphatic carbocycles. The molecule has 0 atom stereocenters. The fourth-order valence-corrected chi connectivity index (χ4v) is 1.61. The zero-order chi connectivity index (χ0) is 9.42. The van der Waals surface area contributed by atoms with Crippen LogP contribution in [0.3, 0.4) is 0 Å². The zero-order valence-corrected chi connectivity index (χ0v) is 7.76. The van der Waals surface area contributed by atoms with Crippen LogP contribution in [0.15, 0.2) is 30.3 Å². The van der Waals surface area contributed by atoms with E-state index in [0.29, 0.717) is 5.56 Å². The minimum absolute atomic E-state index is 0.0874. The van der Waals surface area contributed by atoms with Crippen LogP contribution in [0.5, 0.6) is 0 Å². The number of benzene rings is 2. The Labute approximate surface area is 77.0 Å². The molecular formula is C12H11F. The Morgan fingerprint density at radius 3 is 2.46 bits per heavy atom. The zero-order valence-electron chi connectivity index (χ0n) is 7.76. The van der Waals surface area contributed by atoms with Gasteiger partial charge in [0.1, 0.15) is 5.82 Å². The summed E-state index contributed by atoms with van der Waals surface area (Å²) in [5.41, 5.74) is 1.71. The molecule has 0 nitrogen and oxygen atoms in total. The van der Waals surface area contributed by atoms with Crippen molar-refractivity contribution in [1.82, 2.24) is 0 Å². The Balaban J connectivity index is 2.97. The molecule has 0 spiro atoms. The molecule has 0 saturated heterocycles. The van der Waals surface area contributed by atoms with Crippen LogP contribution in [0.1, 0.15) is 11.1 Å². The molecule has 0 unspecified atom stereocenters. The molecule has 0 aliphatic rings. The van der Waals surface area contributed by atoms with Gasteiger partial charge in [-0.25, -0.2) is 4.39 Å². The van der Waals surface area contributed by atoms with Crippen LogP contribution in [-0.4, -0.2) is 0 Å². The van der Waals surface area contributed by atoms with E-state index in [0.717, 1.165) is 16.3 Å². The number of aryl methyl sites for hydroxylation is 2. The molecule has 0 amide bonds. The number of halogens is 1. The Morgan fingerprint density at radius 1 is 0.923 bits per heavy atom. The number of hydrogen-bond acceptors (Lipinski definition) is 0. The number of fused-ring (bicyclic) bond motifs is 1. The lowest BCUT2D eigenvalue weighted by atomic mass is 10.0. The smallest absolute Gasteiger partial charge is 0.134 e. The molecule has 0 bridgehead atoms. The maximum Gasteiger partial charge on any atom is 0.134 e. The molecule has 0 N–H and O–H groups in total. The minimum Gasteiger partial charge on any atom is -0.206 e. The Hall–Kier alpha value is -1.37. The molecule has 0 aliphatic heterocycles. The van der Waals surface area contributed by atoms with Crippen LogP contribution in [0, 0.1) is 19.7 Å². The summed E-state index contributed by atoms with van der Waals surface area (Å²) >= 11 is 0. The first-order chi connectivity index (χ1) is 6.20. The van der Waals surface area contributed by atoms with Crippen LogP contribution in [0.4, 0.5) is 4.39 Å². The summed E-state index contributed by atoms with van der Waals surface area (Å²) in [7, 11) is 0. The minimum atomic E-state index is -0.0874. The van der Waals surface area contributed by atoms with Crippen molar-refractivity contribution >= 4 is 10.8 Å². The van der Waals surface area contributed by atoms with Crippen LogP contribution < -0.4 is 0 Å². The molecule has 66 valence electrons. The third-order valence-corrected chi connectivity index (χ3v) is 2.38. The van der Waals surface area contributed by atoms with Gasteiger partial charge >= 0.3 is 0 Å². The highest BCUT2D eigenvalue weighted by Crippen LogP contribution is 2.23. The van der Waals surface area contributed by atoms with Gasteiger partial charge in [-0.3, -0.25) is 0 Å². The van der Waals surface area contributed by atoms with E-state index in [9.17, 15) is 4.39 Å². The topological polar surface area (TPSA) is 0 Å². The van der Waals surface area contributed by atoms with E-state index in [1.165, 1.54) is 0 Å². The maximum absolute atomic E-state index is 13.7. The monoisotopic (exact) mass is 174 g/mol. The van der Waals surface area contributed by atoms with E-state index < -0.39 is 0 Å². The van der Waals surface area contributed by atoms with Gasteiger partial charge in [0, 0.05) is 5.39 Å². The Kier molecular flexibility index (Phi) is 1.80. The maximum atomic E-state index is 13.7. The fraction of sp³-hybridized carbons (Fsp3) is 0.167. The van der Waals surface area contributed by atoms with Gasteiger partial charge in [-0.1, -0.05) is 30.3 Å². The van der Waals surface area contributed by atoms with E-state index >= 15 is 0 Å². The van der Waals surface area contributed by atoms with Crippen LogP contribution >= 0.6 is 0 Å². The highest BCUT2D eigenvalue weighted by Gasteiger charge is 2.05. The second-order valence-electron chi connectivity index (χ2n) is 3.37. The third-order valence-electron chi connectivity index (χ3n) is 2.38. The Bertz CT molecular complexity index is 458. The van der Waals surface area contributed by atoms with Crippen molar-refractivity contribution in [3.63, 3.8) is 0 Å². The van der Waals surface area contributed by atoms with Gasteiger partial charge < -0.3 is 0 Å². The highest BCUT2D eigenvalue weighted by atomic mass is 19.1. The van der Waals surface area contributed by atoms with Crippen LogP contribution in [0.25, 0.3) is 10.8 Å². The first-order valence-corrected chi connectivity index (χ1v) is 4.34. The lowest BCUT2D eigenvalue weighted by molar-refractivity contribution is 0.630. The largest absolute Gasteiger partial charge is 0.206 e.